The Morgan fingerprint density at radius 2 is 1.77 bits per heavy atom. The summed E-state index contributed by atoms with van der Waals surface area (Å²) in [6, 6.07) is 15.9. The zero-order chi connectivity index (χ0) is 16.2. The predicted octanol–water partition coefficient (Wildman–Crippen LogP) is 4.69. The van der Waals surface area contributed by atoms with Gasteiger partial charge in [-0.25, -0.2) is 0 Å². The molecule has 0 fully saturated rings. The smallest absolute Gasteiger partial charge is 0.173 e. The SMILES string of the molecule is CCOCc1ccc(C(=O)C(C)(C)c2ccccc2)c(C)c1. The second-order valence-electron chi connectivity index (χ2n) is 6.11. The van der Waals surface area contributed by atoms with Crippen molar-refractivity contribution >= 4 is 5.78 Å². The first kappa shape index (κ1) is 16.4. The van der Waals surface area contributed by atoms with Gasteiger partial charge in [0.15, 0.2) is 5.78 Å². The van der Waals surface area contributed by atoms with E-state index in [1.165, 1.54) is 0 Å². The van der Waals surface area contributed by atoms with Gasteiger partial charge in [0.1, 0.15) is 0 Å². The molecule has 0 saturated heterocycles. The molecule has 0 N–H and O–H groups in total. The van der Waals surface area contributed by atoms with Crippen LogP contribution < -0.4 is 0 Å². The van der Waals surface area contributed by atoms with Crippen LogP contribution in [0.3, 0.4) is 0 Å². The summed E-state index contributed by atoms with van der Waals surface area (Å²) in [5.41, 5.74) is 3.40. The highest BCUT2D eigenvalue weighted by molar-refractivity contribution is 6.04. The highest BCUT2D eigenvalue weighted by atomic mass is 16.5. The molecule has 0 saturated carbocycles. The molecule has 0 aliphatic heterocycles. The lowest BCUT2D eigenvalue weighted by atomic mass is 9.77. The Bertz CT molecular complexity index is 642. The Labute approximate surface area is 133 Å². The zero-order valence-corrected chi connectivity index (χ0v) is 13.8. The molecule has 2 rings (SSSR count). The molecule has 0 bridgehead atoms. The molecule has 0 aliphatic carbocycles. The Morgan fingerprint density at radius 1 is 1.09 bits per heavy atom. The molecule has 116 valence electrons. The fourth-order valence-electron chi connectivity index (χ4n) is 2.61. The fraction of sp³-hybridized carbons (Fsp3) is 0.350. The van der Waals surface area contributed by atoms with E-state index >= 15 is 0 Å². The average Bonchev–Trinajstić information content (AvgIpc) is 2.53. The molecule has 22 heavy (non-hydrogen) atoms. The van der Waals surface area contributed by atoms with Crippen LogP contribution in [0.2, 0.25) is 0 Å². The normalized spacial score (nSPS) is 11.5. The third-order valence-corrected chi connectivity index (χ3v) is 4.07. The van der Waals surface area contributed by atoms with Crippen LogP contribution in [0, 0.1) is 6.92 Å². The molecular weight excluding hydrogens is 272 g/mol. The van der Waals surface area contributed by atoms with Crippen molar-refractivity contribution in [2.75, 3.05) is 6.61 Å². The number of ketones is 1. The standard InChI is InChI=1S/C20H24O2/c1-5-22-14-16-11-12-18(15(2)13-16)19(21)20(3,4)17-9-7-6-8-10-17/h6-13H,5,14H2,1-4H3. The van der Waals surface area contributed by atoms with Crippen LogP contribution in [0.4, 0.5) is 0 Å². The lowest BCUT2D eigenvalue weighted by molar-refractivity contribution is 0.0908. The van der Waals surface area contributed by atoms with Crippen molar-refractivity contribution in [2.45, 2.75) is 39.7 Å². The van der Waals surface area contributed by atoms with Crippen molar-refractivity contribution in [2.24, 2.45) is 0 Å². The van der Waals surface area contributed by atoms with Gasteiger partial charge in [0, 0.05) is 12.2 Å². The lowest BCUT2D eigenvalue weighted by Crippen LogP contribution is -2.29. The van der Waals surface area contributed by atoms with Gasteiger partial charge in [0.05, 0.1) is 12.0 Å². The second-order valence-corrected chi connectivity index (χ2v) is 6.11. The summed E-state index contributed by atoms with van der Waals surface area (Å²) in [5.74, 6) is 0.152. The van der Waals surface area contributed by atoms with E-state index in [2.05, 4.69) is 0 Å². The van der Waals surface area contributed by atoms with Gasteiger partial charge >= 0.3 is 0 Å². The molecule has 2 nitrogen and oxygen atoms in total. The number of rotatable bonds is 6. The minimum Gasteiger partial charge on any atom is -0.377 e. The fourth-order valence-corrected chi connectivity index (χ4v) is 2.61. The summed E-state index contributed by atoms with van der Waals surface area (Å²) in [6.07, 6.45) is 0. The van der Waals surface area contributed by atoms with E-state index in [1.54, 1.807) is 0 Å². The van der Waals surface area contributed by atoms with Crippen molar-refractivity contribution in [3.05, 3.63) is 70.8 Å². The van der Waals surface area contributed by atoms with Crippen molar-refractivity contribution in [1.82, 2.24) is 0 Å². The van der Waals surface area contributed by atoms with Crippen molar-refractivity contribution in [3.63, 3.8) is 0 Å². The van der Waals surface area contributed by atoms with Crippen molar-refractivity contribution in [1.29, 1.82) is 0 Å². The van der Waals surface area contributed by atoms with Gasteiger partial charge in [-0.1, -0.05) is 48.5 Å². The van der Waals surface area contributed by atoms with Crippen LogP contribution in [0.5, 0.6) is 0 Å². The molecule has 0 aromatic heterocycles. The maximum atomic E-state index is 13.0. The summed E-state index contributed by atoms with van der Waals surface area (Å²) in [4.78, 5) is 13.0. The Hall–Kier alpha value is -1.93. The summed E-state index contributed by atoms with van der Waals surface area (Å²) in [7, 11) is 0. The van der Waals surface area contributed by atoms with E-state index in [9.17, 15) is 4.79 Å². The van der Waals surface area contributed by atoms with E-state index < -0.39 is 5.41 Å². The molecule has 2 aromatic carbocycles. The topological polar surface area (TPSA) is 26.3 Å². The number of carbonyl (C=O) groups is 1. The number of benzene rings is 2. The van der Waals surface area contributed by atoms with Gasteiger partial charge in [-0.3, -0.25) is 4.79 Å². The van der Waals surface area contributed by atoms with E-state index in [1.807, 2.05) is 76.2 Å². The van der Waals surface area contributed by atoms with Crippen LogP contribution in [0.1, 0.15) is 47.8 Å². The predicted molar refractivity (Wildman–Crippen MR) is 90.3 cm³/mol. The number of hydrogen-bond acceptors (Lipinski definition) is 2. The minimum absolute atomic E-state index is 0.152. The van der Waals surface area contributed by atoms with Gasteiger partial charge in [0.2, 0.25) is 0 Å². The molecule has 0 radical (unpaired) electrons. The Balaban J connectivity index is 2.29. The van der Waals surface area contributed by atoms with Crippen LogP contribution in [0.25, 0.3) is 0 Å². The first-order valence-corrected chi connectivity index (χ1v) is 7.74. The molecule has 2 heteroatoms. The quantitative estimate of drug-likeness (QED) is 0.723. The highest BCUT2D eigenvalue weighted by Gasteiger charge is 2.31. The van der Waals surface area contributed by atoms with Gasteiger partial charge in [0.25, 0.3) is 0 Å². The van der Waals surface area contributed by atoms with Crippen LogP contribution in [0.15, 0.2) is 48.5 Å². The third kappa shape index (κ3) is 3.45. The summed E-state index contributed by atoms with van der Waals surface area (Å²) in [5, 5.41) is 0. The summed E-state index contributed by atoms with van der Waals surface area (Å²) < 4.78 is 5.43. The number of aryl methyl sites for hydroxylation is 1. The largest absolute Gasteiger partial charge is 0.377 e. The maximum Gasteiger partial charge on any atom is 0.173 e. The van der Waals surface area contributed by atoms with Crippen LogP contribution in [-0.2, 0) is 16.8 Å². The number of carbonyl (C=O) groups excluding carboxylic acids is 1. The van der Waals surface area contributed by atoms with Gasteiger partial charge in [-0.2, -0.15) is 0 Å². The second kappa shape index (κ2) is 6.89. The number of ether oxygens (including phenoxy) is 1. The summed E-state index contributed by atoms with van der Waals surface area (Å²) >= 11 is 0. The average molecular weight is 296 g/mol. The number of hydrogen-bond donors (Lipinski definition) is 0. The molecular formula is C20H24O2. The van der Waals surface area contributed by atoms with Crippen LogP contribution >= 0.6 is 0 Å². The van der Waals surface area contributed by atoms with E-state index in [4.69, 9.17) is 4.74 Å². The minimum atomic E-state index is -0.534. The maximum absolute atomic E-state index is 13.0. The zero-order valence-electron chi connectivity index (χ0n) is 13.8. The molecule has 0 spiro atoms. The van der Waals surface area contributed by atoms with Crippen molar-refractivity contribution < 1.29 is 9.53 Å². The lowest BCUT2D eigenvalue weighted by Gasteiger charge is -2.25. The molecule has 0 atom stereocenters. The molecule has 2 aromatic rings. The molecule has 0 aliphatic rings. The first-order valence-electron chi connectivity index (χ1n) is 7.74. The third-order valence-electron chi connectivity index (χ3n) is 4.07. The van der Waals surface area contributed by atoms with Gasteiger partial charge in [-0.15, -0.1) is 0 Å². The van der Waals surface area contributed by atoms with Crippen molar-refractivity contribution in [3.8, 4) is 0 Å². The molecule has 0 amide bonds. The number of Topliss-reactive ketones (excluding diaryl/α,β-unsaturated/α-hetero) is 1. The van der Waals surface area contributed by atoms with E-state index in [0.29, 0.717) is 13.2 Å². The Morgan fingerprint density at radius 3 is 2.36 bits per heavy atom. The van der Waals surface area contributed by atoms with Crippen LogP contribution in [-0.4, -0.2) is 12.4 Å². The first-order chi connectivity index (χ1) is 10.5. The monoisotopic (exact) mass is 296 g/mol. The highest BCUT2D eigenvalue weighted by Crippen LogP contribution is 2.29. The molecule has 0 unspecified atom stereocenters. The summed E-state index contributed by atoms with van der Waals surface area (Å²) in [6.45, 7) is 9.22. The Kier molecular flexibility index (Phi) is 5.15. The van der Waals surface area contributed by atoms with Gasteiger partial charge < -0.3 is 4.74 Å². The van der Waals surface area contributed by atoms with E-state index in [-0.39, 0.29) is 5.78 Å². The molecule has 0 heterocycles. The van der Waals surface area contributed by atoms with E-state index in [0.717, 1.165) is 22.3 Å². The van der Waals surface area contributed by atoms with Gasteiger partial charge in [-0.05, 0) is 44.4 Å².